The first-order valence-electron chi connectivity index (χ1n) is 16.9. The van der Waals surface area contributed by atoms with Gasteiger partial charge in [-0.15, -0.1) is 0 Å². The lowest BCUT2D eigenvalue weighted by molar-refractivity contribution is -0.135. The molecular formula is C32H58N10O9. The van der Waals surface area contributed by atoms with E-state index in [1.165, 1.54) is 13.8 Å². The highest BCUT2D eigenvalue weighted by Crippen LogP contribution is 2.08. The van der Waals surface area contributed by atoms with Gasteiger partial charge in [-0.25, -0.2) is 0 Å². The third kappa shape index (κ3) is 17.1. The van der Waals surface area contributed by atoms with Crippen molar-refractivity contribution in [3.8, 4) is 0 Å². The predicted octanol–water partition coefficient (Wildman–Crippen LogP) is -3.76. The Labute approximate surface area is 299 Å². The number of hydrogen-bond acceptors (Lipinski definition) is 10. The van der Waals surface area contributed by atoms with E-state index in [-0.39, 0.29) is 11.8 Å². The summed E-state index contributed by atoms with van der Waals surface area (Å²) in [5.74, 6) is -7.36. The zero-order chi connectivity index (χ0) is 39.7. The van der Waals surface area contributed by atoms with Gasteiger partial charge in [-0.1, -0.05) is 55.4 Å². The van der Waals surface area contributed by atoms with E-state index < -0.39 is 121 Å². The Morgan fingerprint density at radius 3 is 1.27 bits per heavy atom. The first kappa shape index (κ1) is 46.2. The quantitative estimate of drug-likeness (QED) is 0.0551. The highest BCUT2D eigenvalue weighted by Gasteiger charge is 2.33. The highest BCUT2D eigenvalue weighted by molar-refractivity contribution is 5.97. The van der Waals surface area contributed by atoms with E-state index in [1.807, 2.05) is 0 Å². The van der Waals surface area contributed by atoms with E-state index in [1.54, 1.807) is 55.4 Å². The Balaban J connectivity index is 5.14. The smallest absolute Gasteiger partial charge is 0.243 e. The molecule has 0 aromatic heterocycles. The zero-order valence-corrected chi connectivity index (χ0v) is 31.2. The van der Waals surface area contributed by atoms with Gasteiger partial charge < -0.3 is 54.0 Å². The second kappa shape index (κ2) is 22.1. The van der Waals surface area contributed by atoms with E-state index in [0.29, 0.717) is 0 Å². The van der Waals surface area contributed by atoms with Crippen LogP contribution in [0.5, 0.6) is 0 Å². The molecule has 0 aromatic rings. The Kier molecular flexibility index (Phi) is 20.0. The number of carbonyl (C=O) groups excluding carboxylic acids is 9. The normalized spacial score (nSPS) is 14.6. The minimum atomic E-state index is -1.12. The van der Waals surface area contributed by atoms with Crippen LogP contribution < -0.4 is 54.0 Å². The number of hydrogen-bond donors (Lipinski definition) is 10. The summed E-state index contributed by atoms with van der Waals surface area (Å²) < 4.78 is 0. The highest BCUT2D eigenvalue weighted by atomic mass is 16.2. The second-order valence-electron chi connectivity index (χ2n) is 13.7. The summed E-state index contributed by atoms with van der Waals surface area (Å²) in [6.07, 6.45) is 0. The minimum absolute atomic E-state index is 0.136. The largest absolute Gasteiger partial charge is 0.368 e. The zero-order valence-electron chi connectivity index (χ0n) is 31.2. The summed E-state index contributed by atoms with van der Waals surface area (Å²) in [7, 11) is 0. The van der Waals surface area contributed by atoms with Crippen LogP contribution in [0.2, 0.25) is 0 Å². The molecule has 6 atom stereocenters. The molecule has 0 bridgehead atoms. The first-order valence-corrected chi connectivity index (χ1v) is 16.9. The van der Waals surface area contributed by atoms with Crippen LogP contribution in [0.4, 0.5) is 0 Å². The maximum Gasteiger partial charge on any atom is 0.243 e. The van der Waals surface area contributed by atoms with Crippen LogP contribution in [0, 0.1) is 23.7 Å². The fourth-order valence-electron chi connectivity index (χ4n) is 4.26. The van der Waals surface area contributed by atoms with Crippen LogP contribution in [-0.2, 0) is 43.2 Å². The van der Waals surface area contributed by atoms with Gasteiger partial charge in [-0.2, -0.15) is 0 Å². The molecule has 9 amide bonds. The molecule has 51 heavy (non-hydrogen) atoms. The molecule has 0 heterocycles. The molecule has 0 aromatic carbocycles. The second-order valence-corrected chi connectivity index (χ2v) is 13.7. The van der Waals surface area contributed by atoms with Crippen molar-refractivity contribution in [3.05, 3.63) is 0 Å². The molecule has 0 aliphatic carbocycles. The van der Waals surface area contributed by atoms with Gasteiger partial charge in [0.05, 0.1) is 25.7 Å². The topological polar surface area (TPSA) is 302 Å². The molecule has 0 aliphatic heterocycles. The lowest BCUT2D eigenvalue weighted by Crippen LogP contribution is -2.60. The lowest BCUT2D eigenvalue weighted by atomic mass is 9.99. The summed E-state index contributed by atoms with van der Waals surface area (Å²) in [5, 5.41) is 19.6. The summed E-state index contributed by atoms with van der Waals surface area (Å²) in [6.45, 7) is 14.9. The van der Waals surface area contributed by atoms with Gasteiger partial charge >= 0.3 is 0 Å². The monoisotopic (exact) mass is 726 g/mol. The van der Waals surface area contributed by atoms with E-state index in [4.69, 9.17) is 11.5 Å². The van der Waals surface area contributed by atoms with Crippen molar-refractivity contribution in [1.82, 2.24) is 42.5 Å². The summed E-state index contributed by atoms with van der Waals surface area (Å²) in [5.41, 5.74) is 11.0. The number of rotatable bonds is 21. The van der Waals surface area contributed by atoms with Crippen LogP contribution in [0.1, 0.15) is 69.2 Å². The molecule has 0 saturated carbocycles. The molecule has 19 nitrogen and oxygen atoms in total. The summed E-state index contributed by atoms with van der Waals surface area (Å²) >= 11 is 0. The van der Waals surface area contributed by atoms with E-state index in [0.717, 1.165) is 0 Å². The van der Waals surface area contributed by atoms with Crippen molar-refractivity contribution in [2.75, 3.05) is 19.6 Å². The molecular weight excluding hydrogens is 668 g/mol. The number of amides is 9. The third-order valence-corrected chi connectivity index (χ3v) is 7.62. The number of primary amides is 1. The Hall–Kier alpha value is -4.81. The number of nitrogens with two attached hydrogens (primary N) is 2. The van der Waals surface area contributed by atoms with E-state index in [2.05, 4.69) is 42.5 Å². The summed E-state index contributed by atoms with van der Waals surface area (Å²) in [6, 6.07) is -6.20. The molecule has 0 unspecified atom stereocenters. The van der Waals surface area contributed by atoms with Crippen LogP contribution in [0.25, 0.3) is 0 Å². The number of carbonyl (C=O) groups is 9. The number of nitrogens with one attached hydrogen (secondary N) is 8. The van der Waals surface area contributed by atoms with Gasteiger partial charge in [-0.3, -0.25) is 43.2 Å². The van der Waals surface area contributed by atoms with Crippen LogP contribution in [0.15, 0.2) is 0 Å². The van der Waals surface area contributed by atoms with Crippen molar-refractivity contribution >= 4 is 53.2 Å². The average molecular weight is 727 g/mol. The van der Waals surface area contributed by atoms with Gasteiger partial charge in [0.25, 0.3) is 0 Å². The molecule has 0 aliphatic rings. The SMILES string of the molecule is CC(C)[C@H](N)C(=O)NCC(=O)NCC(=O)N[C@@H](C)C(=O)N[C@H](C(=O)N[C@H](C(=O)N[C@@H](C)C(=O)NCC(=O)N[C@H](C(N)=O)C(C)C)C(C)C)C(C)C. The fraction of sp³-hybridized carbons (Fsp3) is 0.719. The van der Waals surface area contributed by atoms with Gasteiger partial charge in [0, 0.05) is 0 Å². The van der Waals surface area contributed by atoms with Crippen molar-refractivity contribution in [3.63, 3.8) is 0 Å². The van der Waals surface area contributed by atoms with E-state index >= 15 is 0 Å². The fourth-order valence-corrected chi connectivity index (χ4v) is 4.26. The summed E-state index contributed by atoms with van der Waals surface area (Å²) in [4.78, 5) is 112. The maximum absolute atomic E-state index is 13.3. The van der Waals surface area contributed by atoms with Crippen molar-refractivity contribution in [2.45, 2.75) is 105 Å². The average Bonchev–Trinajstić information content (AvgIpc) is 3.03. The molecule has 0 radical (unpaired) electrons. The van der Waals surface area contributed by atoms with Crippen molar-refractivity contribution < 1.29 is 43.2 Å². The standard InChI is InChI=1S/C32H58N10O9/c1-14(2)23(33)30(49)37-11-20(43)35-12-21(44)38-19(10)29(48)41-26(17(7)8)32(51)42-25(16(5)6)31(50)39-18(9)28(47)36-13-22(45)40-24(15(3)4)27(34)46/h14-19,23-26H,11-13,33H2,1-10H3,(H2,34,46)(H,35,43)(H,36,47)(H,37,49)(H,38,44)(H,39,50)(H,40,45)(H,41,48)(H,42,51)/t18-,19-,23-,24-,25-,26-/m0/s1. The molecule has 0 saturated heterocycles. The molecule has 0 fully saturated rings. The van der Waals surface area contributed by atoms with Crippen molar-refractivity contribution in [1.29, 1.82) is 0 Å². The molecule has 0 rings (SSSR count). The first-order chi connectivity index (χ1) is 23.5. The van der Waals surface area contributed by atoms with Gasteiger partial charge in [-0.05, 0) is 37.5 Å². The Morgan fingerprint density at radius 2 is 0.804 bits per heavy atom. The minimum Gasteiger partial charge on any atom is -0.368 e. The third-order valence-electron chi connectivity index (χ3n) is 7.62. The van der Waals surface area contributed by atoms with Crippen LogP contribution >= 0.6 is 0 Å². The predicted molar refractivity (Wildman–Crippen MR) is 187 cm³/mol. The molecule has 12 N–H and O–H groups in total. The Bertz CT molecular complexity index is 1270. The van der Waals surface area contributed by atoms with Crippen LogP contribution in [0.3, 0.4) is 0 Å². The molecule has 19 heteroatoms. The molecule has 0 spiro atoms. The van der Waals surface area contributed by atoms with Crippen molar-refractivity contribution in [2.24, 2.45) is 35.1 Å². The van der Waals surface area contributed by atoms with Gasteiger partial charge in [0.2, 0.25) is 53.2 Å². The Morgan fingerprint density at radius 1 is 0.412 bits per heavy atom. The van der Waals surface area contributed by atoms with Gasteiger partial charge in [0.1, 0.15) is 30.2 Å². The lowest BCUT2D eigenvalue weighted by Gasteiger charge is -2.28. The maximum atomic E-state index is 13.3. The molecule has 290 valence electrons. The van der Waals surface area contributed by atoms with Crippen LogP contribution in [-0.4, -0.2) is 109 Å². The van der Waals surface area contributed by atoms with E-state index in [9.17, 15) is 43.2 Å². The van der Waals surface area contributed by atoms with Gasteiger partial charge in [0.15, 0.2) is 0 Å².